The zero-order valence-electron chi connectivity index (χ0n) is 12.5. The number of allylic oxidation sites excluding steroid dienone is 2. The van der Waals surface area contributed by atoms with Gasteiger partial charge in [-0.1, -0.05) is 36.4 Å². The number of carbonyl (C=O) groups excluding carboxylic acids is 1. The summed E-state index contributed by atoms with van der Waals surface area (Å²) >= 11 is 0. The monoisotopic (exact) mass is 310 g/mol. The summed E-state index contributed by atoms with van der Waals surface area (Å²) in [6.07, 6.45) is 3.41. The van der Waals surface area contributed by atoms with Crippen LogP contribution in [0.4, 0.5) is 0 Å². The Labute approximate surface area is 138 Å². The van der Waals surface area contributed by atoms with E-state index in [1.165, 1.54) is 0 Å². The minimum absolute atomic E-state index is 0.103. The SMILES string of the molecule is N#CC1(C#N)[C@@H]2C=C[C@H]3C(=O)[C@@H]2[C@@H](c2ccccc23)C1(C#N)C#N. The Morgan fingerprint density at radius 2 is 1.42 bits per heavy atom. The van der Waals surface area contributed by atoms with E-state index < -0.39 is 34.5 Å². The molecule has 3 aliphatic rings. The molecular formula is C19H10N4O. The van der Waals surface area contributed by atoms with Crippen LogP contribution in [0, 0.1) is 68.0 Å². The lowest BCUT2D eigenvalue weighted by molar-refractivity contribution is -0.125. The molecule has 0 radical (unpaired) electrons. The second kappa shape index (κ2) is 4.32. The van der Waals surface area contributed by atoms with Crippen LogP contribution < -0.4 is 0 Å². The van der Waals surface area contributed by atoms with E-state index in [2.05, 4.69) is 0 Å². The third-order valence-electron chi connectivity index (χ3n) is 5.85. The molecule has 0 aliphatic heterocycles. The van der Waals surface area contributed by atoms with Crippen molar-refractivity contribution in [3.05, 3.63) is 47.5 Å². The van der Waals surface area contributed by atoms with Gasteiger partial charge in [-0.2, -0.15) is 21.0 Å². The van der Waals surface area contributed by atoms with Gasteiger partial charge in [-0.05, 0) is 11.1 Å². The summed E-state index contributed by atoms with van der Waals surface area (Å²) in [5.41, 5.74) is -2.24. The summed E-state index contributed by atoms with van der Waals surface area (Å²) in [7, 11) is 0. The van der Waals surface area contributed by atoms with Gasteiger partial charge >= 0.3 is 0 Å². The summed E-state index contributed by atoms with van der Waals surface area (Å²) in [5.74, 6) is -2.72. The number of nitrogens with zero attached hydrogens (tertiary/aromatic N) is 4. The second-order valence-corrected chi connectivity index (χ2v) is 6.49. The standard InChI is InChI=1S/C19H10N4O/c20-7-18(8-21)14-6-5-13-11-3-1-2-4-12(11)16(15(14)17(13)24)19(18,9-22)10-23/h1-6,13-16H/t13-,14-,15+,16-/m1/s1. The molecule has 1 fully saturated rings. The minimum atomic E-state index is -1.88. The maximum absolute atomic E-state index is 13.0. The summed E-state index contributed by atoms with van der Waals surface area (Å²) in [6.45, 7) is 0. The van der Waals surface area contributed by atoms with Crippen molar-refractivity contribution >= 4 is 5.78 Å². The Hall–Kier alpha value is -3.41. The maximum atomic E-state index is 13.0. The van der Waals surface area contributed by atoms with E-state index in [0.717, 1.165) is 11.1 Å². The summed E-state index contributed by atoms with van der Waals surface area (Å²) in [4.78, 5) is 13.0. The number of ketones is 1. The Morgan fingerprint density at radius 3 is 2.00 bits per heavy atom. The number of hydrogen-bond acceptors (Lipinski definition) is 5. The molecule has 0 heterocycles. The van der Waals surface area contributed by atoms with Crippen LogP contribution in [0.3, 0.4) is 0 Å². The number of hydrogen-bond donors (Lipinski definition) is 0. The largest absolute Gasteiger partial charge is 0.298 e. The van der Waals surface area contributed by atoms with Gasteiger partial charge in [0, 0.05) is 17.8 Å². The molecule has 4 atom stereocenters. The third-order valence-corrected chi connectivity index (χ3v) is 5.85. The fourth-order valence-electron chi connectivity index (χ4n) is 4.84. The quantitative estimate of drug-likeness (QED) is 0.682. The number of carbonyl (C=O) groups is 1. The van der Waals surface area contributed by atoms with Gasteiger partial charge in [0.15, 0.2) is 10.8 Å². The van der Waals surface area contributed by atoms with Gasteiger partial charge in [-0.3, -0.25) is 4.79 Å². The fourth-order valence-corrected chi connectivity index (χ4v) is 4.84. The Morgan fingerprint density at radius 1 is 0.833 bits per heavy atom. The first-order chi connectivity index (χ1) is 11.6. The van der Waals surface area contributed by atoms with Gasteiger partial charge in [0.2, 0.25) is 0 Å². The molecule has 0 N–H and O–H groups in total. The van der Waals surface area contributed by atoms with E-state index in [1.54, 1.807) is 24.3 Å². The molecule has 1 saturated carbocycles. The van der Waals surface area contributed by atoms with Crippen molar-refractivity contribution in [2.45, 2.75) is 11.8 Å². The first-order valence-electron chi connectivity index (χ1n) is 7.57. The molecule has 0 amide bonds. The second-order valence-electron chi connectivity index (χ2n) is 6.49. The molecule has 112 valence electrons. The predicted molar refractivity (Wildman–Crippen MR) is 80.4 cm³/mol. The normalized spacial score (nSPS) is 32.6. The zero-order chi connectivity index (χ0) is 17.1. The molecule has 5 heteroatoms. The van der Waals surface area contributed by atoms with E-state index in [9.17, 15) is 25.8 Å². The van der Waals surface area contributed by atoms with E-state index in [-0.39, 0.29) is 5.78 Å². The highest BCUT2D eigenvalue weighted by atomic mass is 16.1. The lowest BCUT2D eigenvalue weighted by atomic mass is 9.60. The molecule has 1 aromatic carbocycles. The van der Waals surface area contributed by atoms with E-state index in [1.807, 2.05) is 36.4 Å². The summed E-state index contributed by atoms with van der Waals surface area (Å²) in [5, 5.41) is 39.4. The van der Waals surface area contributed by atoms with Gasteiger partial charge in [0.05, 0.1) is 30.2 Å². The smallest absolute Gasteiger partial charge is 0.183 e. The molecule has 5 nitrogen and oxygen atoms in total. The Bertz CT molecular complexity index is 950. The molecule has 4 rings (SSSR count). The molecule has 0 unspecified atom stereocenters. The van der Waals surface area contributed by atoms with Crippen LogP contribution in [0.2, 0.25) is 0 Å². The van der Waals surface area contributed by atoms with Gasteiger partial charge < -0.3 is 0 Å². The Kier molecular flexibility index (Phi) is 2.56. The Balaban J connectivity index is 2.18. The number of rotatable bonds is 0. The molecule has 0 saturated heterocycles. The van der Waals surface area contributed by atoms with Crippen LogP contribution in [0.25, 0.3) is 0 Å². The number of nitriles is 4. The third kappa shape index (κ3) is 1.19. The van der Waals surface area contributed by atoms with Crippen molar-refractivity contribution in [1.29, 1.82) is 21.0 Å². The van der Waals surface area contributed by atoms with Gasteiger partial charge in [-0.15, -0.1) is 0 Å². The number of benzene rings is 1. The average Bonchev–Trinajstić information content (AvgIpc) is 2.90. The van der Waals surface area contributed by atoms with Crippen molar-refractivity contribution in [3.63, 3.8) is 0 Å². The van der Waals surface area contributed by atoms with Crippen molar-refractivity contribution in [3.8, 4) is 24.3 Å². The van der Waals surface area contributed by atoms with Crippen LogP contribution in [0.15, 0.2) is 36.4 Å². The highest BCUT2D eigenvalue weighted by molar-refractivity contribution is 5.96. The predicted octanol–water partition coefficient (Wildman–Crippen LogP) is 2.32. The summed E-state index contributed by atoms with van der Waals surface area (Å²) < 4.78 is 0. The highest BCUT2D eigenvalue weighted by Gasteiger charge is 2.75. The topological polar surface area (TPSA) is 112 Å². The lowest BCUT2D eigenvalue weighted by Crippen LogP contribution is -2.39. The molecular weight excluding hydrogens is 300 g/mol. The van der Waals surface area contributed by atoms with Crippen LogP contribution >= 0.6 is 0 Å². The lowest BCUT2D eigenvalue weighted by Gasteiger charge is -2.37. The van der Waals surface area contributed by atoms with Crippen LogP contribution in [-0.4, -0.2) is 5.78 Å². The van der Waals surface area contributed by atoms with Crippen molar-refractivity contribution in [1.82, 2.24) is 0 Å². The van der Waals surface area contributed by atoms with Gasteiger partial charge in [0.25, 0.3) is 0 Å². The minimum Gasteiger partial charge on any atom is -0.298 e. The number of Topliss-reactive ketones (excluding diaryl/α,β-unsaturated/α-hetero) is 1. The van der Waals surface area contributed by atoms with E-state index in [0.29, 0.717) is 0 Å². The fraction of sp³-hybridized carbons (Fsp3) is 0.316. The van der Waals surface area contributed by atoms with Gasteiger partial charge in [0.1, 0.15) is 5.78 Å². The van der Waals surface area contributed by atoms with Crippen LogP contribution in [-0.2, 0) is 4.79 Å². The van der Waals surface area contributed by atoms with Crippen LogP contribution in [0.1, 0.15) is 23.0 Å². The molecule has 3 aliphatic carbocycles. The maximum Gasteiger partial charge on any atom is 0.183 e. The molecule has 2 bridgehead atoms. The molecule has 24 heavy (non-hydrogen) atoms. The van der Waals surface area contributed by atoms with E-state index >= 15 is 0 Å². The first-order valence-corrected chi connectivity index (χ1v) is 7.57. The number of fused-ring (bicyclic) bond motifs is 4. The summed E-state index contributed by atoms with van der Waals surface area (Å²) in [6, 6.07) is 15.1. The average molecular weight is 310 g/mol. The van der Waals surface area contributed by atoms with Crippen molar-refractivity contribution in [2.24, 2.45) is 22.7 Å². The first kappa shape index (κ1) is 14.2. The van der Waals surface area contributed by atoms with E-state index in [4.69, 9.17) is 0 Å². The van der Waals surface area contributed by atoms with Crippen LogP contribution in [0.5, 0.6) is 0 Å². The highest BCUT2D eigenvalue weighted by Crippen LogP contribution is 2.69. The van der Waals surface area contributed by atoms with Gasteiger partial charge in [-0.25, -0.2) is 0 Å². The van der Waals surface area contributed by atoms with Crippen molar-refractivity contribution < 1.29 is 4.79 Å². The molecule has 1 aromatic rings. The van der Waals surface area contributed by atoms with Crippen molar-refractivity contribution in [2.75, 3.05) is 0 Å². The zero-order valence-corrected chi connectivity index (χ0v) is 12.5. The molecule has 0 aromatic heterocycles. The molecule has 0 spiro atoms.